The van der Waals surface area contributed by atoms with Crippen molar-refractivity contribution in [3.05, 3.63) is 52.2 Å². The first-order chi connectivity index (χ1) is 13.2. The molecule has 144 valence electrons. The summed E-state index contributed by atoms with van der Waals surface area (Å²) in [5, 5.41) is 3.73. The standard InChI is InChI=1S/C24H32N2S/c1-19-8-10-21(11-9-19)27-22-12-16-25(17-13-22)14-5-15-26-18-20(2)23-6-3-4-7-24(23)26/h6-11,18,22H,3-5,12-17H2,1-2H3. The number of piperidine rings is 1. The third-order valence-corrected chi connectivity index (χ3v) is 7.29. The second-order valence-corrected chi connectivity index (χ2v) is 9.49. The average molecular weight is 381 g/mol. The predicted molar refractivity (Wildman–Crippen MR) is 118 cm³/mol. The van der Waals surface area contributed by atoms with Crippen LogP contribution < -0.4 is 10.6 Å². The van der Waals surface area contributed by atoms with Crippen LogP contribution in [0.2, 0.25) is 0 Å². The van der Waals surface area contributed by atoms with Crippen LogP contribution in [-0.4, -0.2) is 34.4 Å². The van der Waals surface area contributed by atoms with Crippen LogP contribution in [-0.2, 0) is 6.54 Å². The van der Waals surface area contributed by atoms with E-state index in [1.165, 1.54) is 78.3 Å². The number of thioether (sulfide) groups is 1. The molecular formula is C24H32N2S. The summed E-state index contributed by atoms with van der Waals surface area (Å²) in [6, 6.07) is 9.02. The van der Waals surface area contributed by atoms with Crippen LogP contribution in [0, 0.1) is 13.8 Å². The summed E-state index contributed by atoms with van der Waals surface area (Å²) in [4.78, 5) is 4.10. The molecular weight excluding hydrogens is 348 g/mol. The molecule has 3 heteroatoms. The van der Waals surface area contributed by atoms with Gasteiger partial charge in [-0.25, -0.2) is 0 Å². The molecule has 2 aromatic rings. The maximum Gasteiger partial charge on any atom is 0.0439 e. The van der Waals surface area contributed by atoms with Crippen molar-refractivity contribution < 1.29 is 0 Å². The number of benzene rings is 1. The minimum absolute atomic E-state index is 0.785. The smallest absolute Gasteiger partial charge is 0.0439 e. The third kappa shape index (κ3) is 4.70. The van der Waals surface area contributed by atoms with Crippen molar-refractivity contribution in [3.63, 3.8) is 0 Å². The first-order valence-electron chi connectivity index (χ1n) is 10.5. The minimum atomic E-state index is 0.785. The van der Waals surface area contributed by atoms with Crippen molar-refractivity contribution in [1.29, 1.82) is 0 Å². The molecule has 4 rings (SSSR count). The lowest BCUT2D eigenvalue weighted by molar-refractivity contribution is 0.226. The summed E-state index contributed by atoms with van der Waals surface area (Å²) < 4.78 is 2.49. The van der Waals surface area contributed by atoms with Gasteiger partial charge in [-0.2, -0.15) is 0 Å². The van der Waals surface area contributed by atoms with Crippen LogP contribution in [0.1, 0.15) is 43.2 Å². The molecule has 2 aliphatic rings. The number of aromatic nitrogens is 1. The van der Waals surface area contributed by atoms with E-state index in [4.69, 9.17) is 0 Å². The van der Waals surface area contributed by atoms with Gasteiger partial charge in [0.2, 0.25) is 0 Å². The summed E-state index contributed by atoms with van der Waals surface area (Å²) in [7, 11) is 0. The van der Waals surface area contributed by atoms with Crippen LogP contribution in [0.3, 0.4) is 0 Å². The number of likely N-dealkylation sites (tertiary alicyclic amines) is 1. The van der Waals surface area contributed by atoms with Gasteiger partial charge in [-0.05, 0) is 88.5 Å². The van der Waals surface area contributed by atoms with Gasteiger partial charge in [-0.3, -0.25) is 0 Å². The van der Waals surface area contributed by atoms with Crippen LogP contribution in [0.15, 0.2) is 35.4 Å². The van der Waals surface area contributed by atoms with E-state index in [-0.39, 0.29) is 0 Å². The Bertz CT molecular complexity index is 870. The number of nitrogens with zero attached hydrogens (tertiary/aromatic N) is 2. The highest BCUT2D eigenvalue weighted by atomic mass is 32.2. The van der Waals surface area contributed by atoms with Crippen molar-refractivity contribution in [2.75, 3.05) is 19.6 Å². The lowest BCUT2D eigenvalue weighted by Crippen LogP contribution is -2.36. The molecule has 0 atom stereocenters. The van der Waals surface area contributed by atoms with Gasteiger partial charge in [-0.1, -0.05) is 29.8 Å². The van der Waals surface area contributed by atoms with E-state index in [1.54, 1.807) is 0 Å². The monoisotopic (exact) mass is 380 g/mol. The van der Waals surface area contributed by atoms with E-state index in [2.05, 4.69) is 77.7 Å². The topological polar surface area (TPSA) is 8.17 Å². The first-order valence-corrected chi connectivity index (χ1v) is 11.4. The molecule has 2 heterocycles. The van der Waals surface area contributed by atoms with Crippen LogP contribution in [0.5, 0.6) is 0 Å². The zero-order chi connectivity index (χ0) is 18.6. The quantitative estimate of drug-likeness (QED) is 0.745. The van der Waals surface area contributed by atoms with Gasteiger partial charge in [0.05, 0.1) is 0 Å². The number of hydrogen-bond acceptors (Lipinski definition) is 2. The van der Waals surface area contributed by atoms with Crippen LogP contribution in [0.4, 0.5) is 0 Å². The molecule has 1 aromatic carbocycles. The van der Waals surface area contributed by atoms with Gasteiger partial charge in [0.1, 0.15) is 0 Å². The summed E-state index contributed by atoms with van der Waals surface area (Å²) in [5.74, 6) is 0. The highest BCUT2D eigenvalue weighted by Gasteiger charge is 2.19. The Balaban J connectivity index is 1.23. The second kappa shape index (κ2) is 8.70. The molecule has 1 aliphatic carbocycles. The van der Waals surface area contributed by atoms with Gasteiger partial charge in [-0.15, -0.1) is 11.8 Å². The Morgan fingerprint density at radius 3 is 2.48 bits per heavy atom. The van der Waals surface area contributed by atoms with Gasteiger partial charge >= 0.3 is 0 Å². The minimum Gasteiger partial charge on any atom is -0.347 e. The molecule has 0 radical (unpaired) electrons. The Hall–Kier alpha value is -1.45. The Morgan fingerprint density at radius 2 is 1.70 bits per heavy atom. The lowest BCUT2D eigenvalue weighted by atomic mass is 10.1. The number of hydrogen-bond donors (Lipinski definition) is 0. The summed E-state index contributed by atoms with van der Waals surface area (Å²) >= 11 is 2.08. The van der Waals surface area contributed by atoms with Crippen molar-refractivity contribution in [2.24, 2.45) is 0 Å². The van der Waals surface area contributed by atoms with Crippen molar-refractivity contribution in [3.8, 4) is 0 Å². The number of rotatable bonds is 6. The molecule has 0 saturated carbocycles. The molecule has 0 N–H and O–H groups in total. The van der Waals surface area contributed by atoms with Gasteiger partial charge in [0.25, 0.3) is 0 Å². The van der Waals surface area contributed by atoms with Crippen molar-refractivity contribution >= 4 is 23.9 Å². The molecule has 1 aromatic heterocycles. The average Bonchev–Trinajstić information content (AvgIpc) is 3.01. The maximum absolute atomic E-state index is 2.67. The molecule has 0 amide bonds. The van der Waals surface area contributed by atoms with E-state index >= 15 is 0 Å². The predicted octanol–water partition coefficient (Wildman–Crippen LogP) is 4.11. The number of fused-ring (bicyclic) bond motifs is 1. The lowest BCUT2D eigenvalue weighted by Gasteiger charge is -2.31. The van der Waals surface area contributed by atoms with E-state index in [9.17, 15) is 0 Å². The molecule has 0 unspecified atom stereocenters. The molecule has 27 heavy (non-hydrogen) atoms. The number of aryl methyl sites for hydroxylation is 3. The first kappa shape index (κ1) is 18.9. The second-order valence-electron chi connectivity index (χ2n) is 8.12. The van der Waals surface area contributed by atoms with Crippen LogP contribution >= 0.6 is 11.8 Å². The molecule has 2 nitrogen and oxygen atoms in total. The summed E-state index contributed by atoms with van der Waals surface area (Å²) in [6.07, 6.45) is 13.5. The fraction of sp³-hybridized carbons (Fsp3) is 0.500. The summed E-state index contributed by atoms with van der Waals surface area (Å²) in [6.45, 7) is 9.31. The van der Waals surface area contributed by atoms with E-state index in [0.717, 1.165) is 11.8 Å². The Morgan fingerprint density at radius 1 is 0.963 bits per heavy atom. The zero-order valence-corrected chi connectivity index (χ0v) is 17.6. The van der Waals surface area contributed by atoms with E-state index in [1.807, 2.05) is 0 Å². The fourth-order valence-electron chi connectivity index (χ4n) is 4.38. The zero-order valence-electron chi connectivity index (χ0n) is 16.8. The van der Waals surface area contributed by atoms with Crippen molar-refractivity contribution in [2.45, 2.75) is 62.6 Å². The summed E-state index contributed by atoms with van der Waals surface area (Å²) in [5.41, 5.74) is 2.79. The highest BCUT2D eigenvalue weighted by molar-refractivity contribution is 8.00. The maximum atomic E-state index is 2.67. The largest absolute Gasteiger partial charge is 0.347 e. The van der Waals surface area contributed by atoms with Crippen LogP contribution in [0.25, 0.3) is 12.2 Å². The third-order valence-electron chi connectivity index (χ3n) is 5.94. The van der Waals surface area contributed by atoms with Gasteiger partial charge in [0, 0.05) is 28.2 Å². The van der Waals surface area contributed by atoms with Crippen molar-refractivity contribution in [1.82, 2.24) is 9.47 Å². The normalized spacial score (nSPS) is 18.0. The highest BCUT2D eigenvalue weighted by Crippen LogP contribution is 2.30. The molecule has 1 aliphatic heterocycles. The molecule has 1 saturated heterocycles. The SMILES string of the molecule is Cc1ccc(SC2CCN(CCCn3cc(C)c4c3=CCCC=4)CC2)cc1. The molecule has 0 bridgehead atoms. The van der Waals surface area contributed by atoms with E-state index < -0.39 is 0 Å². The Labute approximate surface area is 168 Å². The molecule has 0 spiro atoms. The molecule has 1 fully saturated rings. The Kier molecular flexibility index (Phi) is 6.09. The fourth-order valence-corrected chi connectivity index (χ4v) is 5.50. The van der Waals surface area contributed by atoms with Gasteiger partial charge < -0.3 is 9.47 Å². The van der Waals surface area contributed by atoms with E-state index in [0.29, 0.717) is 0 Å². The van der Waals surface area contributed by atoms with Gasteiger partial charge in [0.15, 0.2) is 0 Å².